The van der Waals surface area contributed by atoms with Gasteiger partial charge < -0.3 is 14.2 Å². The molecule has 0 amide bonds. The average Bonchev–Trinajstić information content (AvgIpc) is 3.28. The first-order valence-electron chi connectivity index (χ1n) is 27.5. The van der Waals surface area contributed by atoms with Gasteiger partial charge in [0.15, 0.2) is 6.10 Å². The van der Waals surface area contributed by atoms with Crippen LogP contribution in [0.3, 0.4) is 0 Å². The molecule has 0 aliphatic carbocycles. The Bertz CT molecular complexity index is 1060. The molecule has 368 valence electrons. The van der Waals surface area contributed by atoms with E-state index < -0.39 is 6.10 Å². The third-order valence-corrected chi connectivity index (χ3v) is 12.1. The molecule has 0 aliphatic heterocycles. The molecule has 0 N–H and O–H groups in total. The summed E-state index contributed by atoms with van der Waals surface area (Å²) in [6, 6.07) is 0. The summed E-state index contributed by atoms with van der Waals surface area (Å²) in [5, 5.41) is 0. The van der Waals surface area contributed by atoms with Gasteiger partial charge in [-0.1, -0.05) is 231 Å². The third kappa shape index (κ3) is 50.5. The van der Waals surface area contributed by atoms with Crippen molar-refractivity contribution >= 4 is 17.9 Å². The molecule has 0 aliphatic rings. The molecule has 0 spiro atoms. The third-order valence-electron chi connectivity index (χ3n) is 12.1. The smallest absolute Gasteiger partial charge is 0.306 e. The van der Waals surface area contributed by atoms with Gasteiger partial charge in [-0.2, -0.15) is 0 Å². The summed E-state index contributed by atoms with van der Waals surface area (Å²) in [6.45, 7) is 6.62. The van der Waals surface area contributed by atoms with Gasteiger partial charge in [0.05, 0.1) is 0 Å². The minimum atomic E-state index is -0.777. The van der Waals surface area contributed by atoms with Gasteiger partial charge >= 0.3 is 17.9 Å². The first-order valence-corrected chi connectivity index (χ1v) is 27.5. The van der Waals surface area contributed by atoms with E-state index in [2.05, 4.69) is 57.2 Å². The summed E-state index contributed by atoms with van der Waals surface area (Å²) in [5.41, 5.74) is 0. The van der Waals surface area contributed by atoms with Crippen molar-refractivity contribution in [3.05, 3.63) is 36.5 Å². The minimum Gasteiger partial charge on any atom is -0.462 e. The van der Waals surface area contributed by atoms with Crippen molar-refractivity contribution in [3.63, 3.8) is 0 Å². The zero-order valence-corrected chi connectivity index (χ0v) is 42.1. The van der Waals surface area contributed by atoms with E-state index in [0.717, 1.165) is 83.5 Å². The van der Waals surface area contributed by atoms with E-state index in [-0.39, 0.29) is 31.1 Å². The molecular formula is C57H104O6. The Hall–Kier alpha value is -2.37. The highest BCUT2D eigenvalue weighted by molar-refractivity contribution is 5.71. The molecule has 0 aromatic carbocycles. The number of rotatable bonds is 50. The molecule has 0 radical (unpaired) electrons. The predicted molar refractivity (Wildman–Crippen MR) is 270 cm³/mol. The number of carbonyl (C=O) groups excluding carboxylic acids is 3. The van der Waals surface area contributed by atoms with Crippen LogP contribution in [0.5, 0.6) is 0 Å². The average molecular weight is 885 g/mol. The van der Waals surface area contributed by atoms with Crippen molar-refractivity contribution in [2.45, 2.75) is 297 Å². The van der Waals surface area contributed by atoms with Crippen LogP contribution >= 0.6 is 0 Å². The van der Waals surface area contributed by atoms with Crippen LogP contribution in [0.1, 0.15) is 290 Å². The van der Waals surface area contributed by atoms with E-state index in [9.17, 15) is 14.4 Å². The fourth-order valence-electron chi connectivity index (χ4n) is 7.94. The number of ether oxygens (including phenoxy) is 3. The second kappa shape index (κ2) is 52.3. The lowest BCUT2D eigenvalue weighted by Gasteiger charge is -2.18. The quantitative estimate of drug-likeness (QED) is 0.0262. The van der Waals surface area contributed by atoms with Crippen molar-refractivity contribution in [1.82, 2.24) is 0 Å². The van der Waals surface area contributed by atoms with E-state index in [0.29, 0.717) is 19.3 Å². The molecule has 6 nitrogen and oxygen atoms in total. The van der Waals surface area contributed by atoms with Crippen LogP contribution in [-0.2, 0) is 28.6 Å². The van der Waals surface area contributed by atoms with E-state index in [4.69, 9.17) is 14.2 Å². The van der Waals surface area contributed by atoms with Crippen molar-refractivity contribution in [3.8, 4) is 0 Å². The van der Waals surface area contributed by atoms with Crippen molar-refractivity contribution in [2.75, 3.05) is 13.2 Å². The first kappa shape index (κ1) is 60.6. The largest absolute Gasteiger partial charge is 0.462 e. The van der Waals surface area contributed by atoms with Crippen LogP contribution in [0.25, 0.3) is 0 Å². The Kier molecular flexibility index (Phi) is 50.3. The van der Waals surface area contributed by atoms with Gasteiger partial charge in [0.25, 0.3) is 0 Å². The van der Waals surface area contributed by atoms with E-state index in [1.165, 1.54) is 167 Å². The van der Waals surface area contributed by atoms with Crippen LogP contribution in [0, 0.1) is 0 Å². The van der Waals surface area contributed by atoms with Gasteiger partial charge in [0.2, 0.25) is 0 Å². The van der Waals surface area contributed by atoms with Crippen LogP contribution in [0.2, 0.25) is 0 Å². The lowest BCUT2D eigenvalue weighted by Crippen LogP contribution is -2.30. The zero-order valence-electron chi connectivity index (χ0n) is 42.1. The molecule has 0 bridgehead atoms. The van der Waals surface area contributed by atoms with Gasteiger partial charge in [-0.15, -0.1) is 0 Å². The Morgan fingerprint density at radius 3 is 0.921 bits per heavy atom. The van der Waals surface area contributed by atoms with Crippen molar-refractivity contribution in [2.24, 2.45) is 0 Å². The standard InChI is InChI=1S/C57H104O6/c1-4-7-10-13-16-19-22-25-28-31-34-37-40-43-46-49-55(58)61-52-54(63-57(60)51-48-45-42-39-36-33-30-27-24-21-18-15-12-9-6-3)53-62-56(59)50-47-44-41-38-35-32-29-26-23-20-17-14-11-8-5-2/h16,19,25-26,28-29,54H,4-15,17-18,20-24,27,30-53H2,1-3H3/b19-16-,28-25-,29-26-. The molecule has 0 saturated heterocycles. The fraction of sp³-hybridized carbons (Fsp3) is 0.842. The summed E-state index contributed by atoms with van der Waals surface area (Å²) in [6.07, 6.45) is 61.2. The number of unbranched alkanes of at least 4 members (excludes halogenated alkanes) is 33. The molecule has 1 unspecified atom stereocenters. The maximum absolute atomic E-state index is 12.8. The molecule has 0 rings (SSSR count). The van der Waals surface area contributed by atoms with Gasteiger partial charge in [-0.25, -0.2) is 0 Å². The Morgan fingerprint density at radius 2 is 0.571 bits per heavy atom. The molecule has 6 heteroatoms. The monoisotopic (exact) mass is 885 g/mol. The van der Waals surface area contributed by atoms with E-state index in [1.54, 1.807) is 0 Å². The van der Waals surface area contributed by atoms with Crippen LogP contribution in [0.4, 0.5) is 0 Å². The number of carbonyl (C=O) groups is 3. The van der Waals surface area contributed by atoms with Gasteiger partial charge in [0.1, 0.15) is 13.2 Å². The van der Waals surface area contributed by atoms with Crippen LogP contribution in [-0.4, -0.2) is 37.2 Å². The second-order valence-corrected chi connectivity index (χ2v) is 18.5. The highest BCUT2D eigenvalue weighted by Gasteiger charge is 2.19. The van der Waals surface area contributed by atoms with E-state index >= 15 is 0 Å². The molecule has 0 aromatic rings. The lowest BCUT2D eigenvalue weighted by atomic mass is 10.0. The number of hydrogen-bond donors (Lipinski definition) is 0. The Balaban J connectivity index is 4.38. The van der Waals surface area contributed by atoms with Crippen molar-refractivity contribution < 1.29 is 28.6 Å². The lowest BCUT2D eigenvalue weighted by molar-refractivity contribution is -0.167. The van der Waals surface area contributed by atoms with Gasteiger partial charge in [0, 0.05) is 19.3 Å². The van der Waals surface area contributed by atoms with Crippen LogP contribution in [0.15, 0.2) is 36.5 Å². The Morgan fingerprint density at radius 1 is 0.317 bits per heavy atom. The van der Waals surface area contributed by atoms with Gasteiger partial charge in [-0.05, 0) is 77.0 Å². The molecular weight excluding hydrogens is 781 g/mol. The van der Waals surface area contributed by atoms with Crippen LogP contribution < -0.4 is 0 Å². The minimum absolute atomic E-state index is 0.0779. The Labute approximate surface area is 391 Å². The second-order valence-electron chi connectivity index (χ2n) is 18.5. The van der Waals surface area contributed by atoms with E-state index in [1.807, 2.05) is 0 Å². The molecule has 0 saturated carbocycles. The zero-order chi connectivity index (χ0) is 45.8. The molecule has 63 heavy (non-hydrogen) atoms. The van der Waals surface area contributed by atoms with Gasteiger partial charge in [-0.3, -0.25) is 14.4 Å². The maximum atomic E-state index is 12.8. The summed E-state index contributed by atoms with van der Waals surface area (Å²) < 4.78 is 16.8. The SMILES string of the molecule is CCCCC/C=C\C/C=C\CCCCCCCC(=O)OCC(COC(=O)CCCCCCC/C=C\CCCCCCCC)OC(=O)CCCCCCCCCCCCCCCCC. The molecule has 0 heterocycles. The maximum Gasteiger partial charge on any atom is 0.306 e. The predicted octanol–water partition coefficient (Wildman–Crippen LogP) is 18.1. The summed E-state index contributed by atoms with van der Waals surface area (Å²) in [5.74, 6) is -0.885. The summed E-state index contributed by atoms with van der Waals surface area (Å²) in [7, 11) is 0. The number of allylic oxidation sites excluding steroid dienone is 6. The highest BCUT2D eigenvalue weighted by Crippen LogP contribution is 2.16. The summed E-state index contributed by atoms with van der Waals surface area (Å²) >= 11 is 0. The fourth-order valence-corrected chi connectivity index (χ4v) is 7.94. The molecule has 0 fully saturated rings. The molecule has 0 aromatic heterocycles. The number of esters is 3. The van der Waals surface area contributed by atoms with Crippen molar-refractivity contribution in [1.29, 1.82) is 0 Å². The number of hydrogen-bond acceptors (Lipinski definition) is 6. The first-order chi connectivity index (χ1) is 31.0. The molecule has 1 atom stereocenters. The normalized spacial score (nSPS) is 12.2. The topological polar surface area (TPSA) is 78.9 Å². The highest BCUT2D eigenvalue weighted by atomic mass is 16.6. The summed E-state index contributed by atoms with van der Waals surface area (Å²) in [4.78, 5) is 38.0.